The van der Waals surface area contributed by atoms with Crippen LogP contribution in [0.5, 0.6) is 0 Å². The molecule has 1 heterocycles. The molecule has 1 aromatic heterocycles. The van der Waals surface area contributed by atoms with Crippen LogP contribution in [-0.4, -0.2) is 4.57 Å². The van der Waals surface area contributed by atoms with Crippen molar-refractivity contribution in [3.8, 4) is 39.1 Å². The predicted octanol–water partition coefficient (Wildman–Crippen LogP) is 25.9. The first-order chi connectivity index (χ1) is 50.2. The number of nitrogens with one attached hydrogen (secondary N) is 1. The van der Waals surface area contributed by atoms with E-state index in [1.54, 1.807) is 0 Å². The minimum absolute atomic E-state index is 0. The van der Waals surface area contributed by atoms with Crippen LogP contribution in [0, 0.1) is 0 Å². The van der Waals surface area contributed by atoms with Crippen molar-refractivity contribution in [2.24, 2.45) is 0 Å². The zero-order chi connectivity index (χ0) is 68.5. The molecule has 4 nitrogen and oxygen atoms in total. The summed E-state index contributed by atoms with van der Waals surface area (Å²) in [6.45, 7) is 7.05. The minimum atomic E-state index is -0.355. The van der Waals surface area contributed by atoms with Gasteiger partial charge in [-0.15, -0.1) is 0 Å². The molecule has 4 heteroatoms. The van der Waals surface area contributed by atoms with Gasteiger partial charge in [0.05, 0.1) is 16.7 Å². The maximum atomic E-state index is 6.30. The second-order valence-electron chi connectivity index (χ2n) is 27.7. The number of hydrogen-bond donors (Lipinski definition) is 2. The van der Waals surface area contributed by atoms with Gasteiger partial charge in [-0.1, -0.05) is 305 Å². The molecular formula is C99H78N4. The van der Waals surface area contributed by atoms with Crippen molar-refractivity contribution in [2.75, 3.05) is 16.0 Å². The number of anilines is 6. The van der Waals surface area contributed by atoms with Crippen molar-refractivity contribution >= 4 is 77.5 Å². The number of nitrogen functional groups attached to an aromatic ring is 1. The van der Waals surface area contributed by atoms with E-state index in [9.17, 15) is 0 Å². The van der Waals surface area contributed by atoms with Crippen LogP contribution in [0.4, 0.5) is 34.1 Å². The van der Waals surface area contributed by atoms with Crippen LogP contribution >= 0.6 is 0 Å². The Balaban J connectivity index is 0.000000126. The lowest BCUT2D eigenvalue weighted by Gasteiger charge is -2.35. The Labute approximate surface area is 603 Å². The molecule has 0 unspecified atom stereocenters. The fourth-order valence-electron chi connectivity index (χ4n) is 17.4. The second-order valence-corrected chi connectivity index (χ2v) is 27.7. The van der Waals surface area contributed by atoms with Gasteiger partial charge in [0.2, 0.25) is 0 Å². The maximum absolute atomic E-state index is 6.30. The highest BCUT2D eigenvalue weighted by molar-refractivity contribution is 6.11. The molecule has 494 valence electrons. The zero-order valence-corrected chi connectivity index (χ0v) is 57.3. The van der Waals surface area contributed by atoms with Crippen LogP contribution in [-0.2, 0) is 16.2 Å². The Hall–Kier alpha value is -12.8. The third kappa shape index (κ3) is 10.3. The molecule has 16 aromatic carbocycles. The third-order valence-electron chi connectivity index (χ3n) is 22.3. The summed E-state index contributed by atoms with van der Waals surface area (Å²) in [6.07, 6.45) is 0. The van der Waals surface area contributed by atoms with E-state index < -0.39 is 0 Å². The normalized spacial score (nSPS) is 13.4. The Morgan fingerprint density at radius 2 is 0.650 bits per heavy atom. The molecule has 103 heavy (non-hydrogen) atoms. The van der Waals surface area contributed by atoms with Gasteiger partial charge in [0, 0.05) is 61.1 Å². The fourth-order valence-corrected chi connectivity index (χ4v) is 17.4. The Bertz CT molecular complexity index is 5960. The van der Waals surface area contributed by atoms with Gasteiger partial charge >= 0.3 is 0 Å². The number of rotatable bonds is 9. The van der Waals surface area contributed by atoms with E-state index in [0.29, 0.717) is 0 Å². The minimum Gasteiger partial charge on any atom is -0.398 e. The summed E-state index contributed by atoms with van der Waals surface area (Å²) in [5, 5.41) is 11.2. The van der Waals surface area contributed by atoms with Gasteiger partial charge in [0.15, 0.2) is 0 Å². The first-order valence-corrected chi connectivity index (χ1v) is 35.4. The van der Waals surface area contributed by atoms with Crippen molar-refractivity contribution < 1.29 is 0 Å². The molecule has 0 saturated carbocycles. The molecule has 0 amide bonds. The number of para-hydroxylation sites is 5. The summed E-state index contributed by atoms with van der Waals surface area (Å²) in [5.41, 5.74) is 35.4. The van der Waals surface area contributed by atoms with Crippen LogP contribution in [0.15, 0.2) is 376 Å². The Morgan fingerprint density at radius 3 is 1.19 bits per heavy atom. The quantitative estimate of drug-likeness (QED) is 0.142. The summed E-state index contributed by atoms with van der Waals surface area (Å²) in [4.78, 5) is 2.48. The van der Waals surface area contributed by atoms with Crippen molar-refractivity contribution in [1.82, 2.24) is 4.57 Å². The summed E-state index contributed by atoms with van der Waals surface area (Å²) in [5.74, 6) is 0. The molecule has 3 aliphatic carbocycles. The monoisotopic (exact) mass is 1320 g/mol. The largest absolute Gasteiger partial charge is 0.398 e. The van der Waals surface area contributed by atoms with Crippen LogP contribution in [0.3, 0.4) is 0 Å². The molecule has 0 fully saturated rings. The van der Waals surface area contributed by atoms with Crippen LogP contribution < -0.4 is 16.0 Å². The molecule has 20 rings (SSSR count). The molecular weight excluding hydrogens is 1250 g/mol. The third-order valence-corrected chi connectivity index (χ3v) is 22.3. The van der Waals surface area contributed by atoms with Crippen LogP contribution in [0.25, 0.3) is 82.4 Å². The van der Waals surface area contributed by atoms with Crippen LogP contribution in [0.1, 0.15) is 78.3 Å². The van der Waals surface area contributed by atoms with E-state index in [-0.39, 0.29) is 23.7 Å². The van der Waals surface area contributed by atoms with Crippen molar-refractivity contribution in [1.29, 1.82) is 0 Å². The van der Waals surface area contributed by atoms with Gasteiger partial charge in [0.1, 0.15) is 0 Å². The van der Waals surface area contributed by atoms with Gasteiger partial charge in [-0.25, -0.2) is 0 Å². The first-order valence-electron chi connectivity index (χ1n) is 35.4. The second kappa shape index (κ2) is 25.8. The summed E-state index contributed by atoms with van der Waals surface area (Å²) >= 11 is 0. The topological polar surface area (TPSA) is 46.2 Å². The van der Waals surface area contributed by atoms with Gasteiger partial charge < -0.3 is 20.5 Å². The SMILES string of the molecule is C.CC1(c2ccccc2N(c2ccc3ccccc3c2)c2ccc3c(c2)c2ccccc2n3-c2ccccc2)c2ccccc2-c2ccccc21.CC1(c2ccccc2N)c2ccccc2-c2ccccc21.CC1(c2ccccc2Nc2ccc3ccccc3c2)c2ccccc2-c2ccccc21. The lowest BCUT2D eigenvalue weighted by atomic mass is 9.73. The first kappa shape index (κ1) is 63.7. The smallest absolute Gasteiger partial charge is 0.0542 e. The number of fused-ring (bicyclic) bond motifs is 14. The number of nitrogens with two attached hydrogens (primary N) is 1. The number of hydrogen-bond acceptors (Lipinski definition) is 3. The summed E-state index contributed by atoms with van der Waals surface area (Å²) < 4.78 is 2.39. The van der Waals surface area contributed by atoms with E-state index in [1.165, 1.54) is 132 Å². The van der Waals surface area contributed by atoms with Crippen molar-refractivity contribution in [3.05, 3.63) is 426 Å². The van der Waals surface area contributed by atoms with E-state index in [2.05, 4.69) is 400 Å². The molecule has 0 bridgehead atoms. The standard InChI is InChI=1S/C48H34N2.C30H23N.C20H17N.CH4/c1-48(42-22-10-7-19-38(42)39-20-8-11-23-43(39)48)44-24-12-14-26-47(44)49(36-28-27-33-15-5-6-16-34(33)31-36)37-29-30-46-41(32-37)40-21-9-13-25-45(40)50(46)35-17-3-2-4-18-35;1-30(26-14-6-4-12-24(26)25-13-5-7-15-27(25)30)28-16-8-9-17-29(28)31-23-19-18-21-10-2-3-11-22(21)20-23;1-20(18-12-6-7-13-19(18)21)16-10-4-2-8-14(16)15-9-3-5-11-17(15)20;/h2-32H,1H3;2-20,31H,1H3;2-13H,21H2,1H3;1H4. The van der Waals surface area contributed by atoms with Gasteiger partial charge in [-0.3, -0.25) is 0 Å². The van der Waals surface area contributed by atoms with E-state index >= 15 is 0 Å². The van der Waals surface area contributed by atoms with E-state index in [4.69, 9.17) is 5.73 Å². The summed E-state index contributed by atoms with van der Waals surface area (Å²) in [7, 11) is 0. The lowest BCUT2D eigenvalue weighted by Crippen LogP contribution is -2.25. The zero-order valence-electron chi connectivity index (χ0n) is 57.3. The van der Waals surface area contributed by atoms with Crippen molar-refractivity contribution in [2.45, 2.75) is 44.4 Å². The Morgan fingerprint density at radius 1 is 0.282 bits per heavy atom. The maximum Gasteiger partial charge on any atom is 0.0542 e. The van der Waals surface area contributed by atoms with Gasteiger partial charge in [0.25, 0.3) is 0 Å². The van der Waals surface area contributed by atoms with Gasteiger partial charge in [-0.05, 0) is 205 Å². The average Bonchev–Trinajstić information content (AvgIpc) is 1.59. The highest BCUT2D eigenvalue weighted by Crippen LogP contribution is 2.58. The van der Waals surface area contributed by atoms with Crippen molar-refractivity contribution in [3.63, 3.8) is 0 Å². The highest BCUT2D eigenvalue weighted by Gasteiger charge is 2.45. The molecule has 0 radical (unpaired) electrons. The molecule has 17 aromatic rings. The molecule has 0 aliphatic heterocycles. The Kier molecular flexibility index (Phi) is 15.9. The number of aromatic nitrogens is 1. The van der Waals surface area contributed by atoms with E-state index in [0.717, 1.165) is 34.1 Å². The predicted molar refractivity (Wildman–Crippen MR) is 437 cm³/mol. The van der Waals surface area contributed by atoms with Crippen LogP contribution in [0.2, 0.25) is 0 Å². The molecule has 3 N–H and O–H groups in total. The molecule has 0 saturated heterocycles. The highest BCUT2D eigenvalue weighted by atomic mass is 15.1. The van der Waals surface area contributed by atoms with Gasteiger partial charge in [-0.2, -0.15) is 0 Å². The van der Waals surface area contributed by atoms with E-state index in [1.807, 2.05) is 12.1 Å². The number of benzene rings is 16. The lowest BCUT2D eigenvalue weighted by molar-refractivity contribution is 0.714. The molecule has 3 aliphatic rings. The number of nitrogens with zero attached hydrogens (tertiary/aromatic N) is 2. The average molecular weight is 1320 g/mol. The summed E-state index contributed by atoms with van der Waals surface area (Å²) in [6, 6.07) is 136. The molecule has 0 atom stereocenters. The fraction of sp³-hybridized carbons (Fsp3) is 0.0707. The molecule has 0 spiro atoms.